The van der Waals surface area contributed by atoms with Gasteiger partial charge in [-0.25, -0.2) is 0 Å². The van der Waals surface area contributed by atoms with E-state index in [1.807, 2.05) is 0 Å². The first-order valence-corrected chi connectivity index (χ1v) is 6.50. The van der Waals surface area contributed by atoms with Crippen LogP contribution in [0.2, 0.25) is 0 Å². The van der Waals surface area contributed by atoms with Gasteiger partial charge in [0.05, 0.1) is 19.3 Å². The number of rotatable bonds is 2. The Morgan fingerprint density at radius 1 is 1.18 bits per heavy atom. The lowest BCUT2D eigenvalue weighted by atomic mass is 9.95. The van der Waals surface area contributed by atoms with Crippen LogP contribution in [-0.4, -0.2) is 12.6 Å². The van der Waals surface area contributed by atoms with Gasteiger partial charge in [-0.1, -0.05) is 36.4 Å². The van der Waals surface area contributed by atoms with Crippen LogP contribution in [-0.2, 0) is 11.3 Å². The Hall–Kier alpha value is -1.12. The summed E-state index contributed by atoms with van der Waals surface area (Å²) in [5.41, 5.74) is 2.76. The smallest absolute Gasteiger partial charge is 0.0721 e. The molecule has 1 aliphatic carbocycles. The first-order valence-electron chi connectivity index (χ1n) is 6.50. The summed E-state index contributed by atoms with van der Waals surface area (Å²) in [5, 5.41) is 3.74. The van der Waals surface area contributed by atoms with Crippen molar-refractivity contribution in [2.24, 2.45) is 0 Å². The highest BCUT2D eigenvalue weighted by atomic mass is 16.5. The molecule has 0 bridgehead atoms. The number of fused-ring (bicyclic) bond motifs is 1. The summed E-state index contributed by atoms with van der Waals surface area (Å²) in [6, 6.07) is 9.60. The van der Waals surface area contributed by atoms with Crippen LogP contribution in [0.1, 0.15) is 36.4 Å². The summed E-state index contributed by atoms with van der Waals surface area (Å²) in [4.78, 5) is 0. The van der Waals surface area contributed by atoms with Gasteiger partial charge >= 0.3 is 0 Å². The minimum Gasteiger partial charge on any atom is -0.375 e. The monoisotopic (exact) mass is 229 g/mol. The molecular weight excluding hydrogens is 210 g/mol. The zero-order chi connectivity index (χ0) is 11.5. The first kappa shape index (κ1) is 11.0. The van der Waals surface area contributed by atoms with Crippen LogP contribution in [0, 0.1) is 0 Å². The van der Waals surface area contributed by atoms with Crippen molar-refractivity contribution < 1.29 is 4.74 Å². The van der Waals surface area contributed by atoms with E-state index in [0.29, 0.717) is 12.1 Å². The van der Waals surface area contributed by atoms with E-state index in [0.717, 1.165) is 19.6 Å². The van der Waals surface area contributed by atoms with Gasteiger partial charge in [-0.15, -0.1) is 0 Å². The van der Waals surface area contributed by atoms with Crippen LogP contribution in [0.4, 0.5) is 0 Å². The van der Waals surface area contributed by atoms with Crippen molar-refractivity contribution in [3.8, 4) is 0 Å². The van der Waals surface area contributed by atoms with Crippen molar-refractivity contribution in [1.82, 2.24) is 5.32 Å². The number of nitrogens with one attached hydrogen (secondary N) is 1. The van der Waals surface area contributed by atoms with E-state index < -0.39 is 0 Å². The number of hydrogen-bond donors (Lipinski definition) is 1. The van der Waals surface area contributed by atoms with Crippen molar-refractivity contribution in [2.45, 2.75) is 38.0 Å². The van der Waals surface area contributed by atoms with Gasteiger partial charge in [0.2, 0.25) is 0 Å². The molecular formula is C15H19NO. The molecule has 0 aromatic heterocycles. The van der Waals surface area contributed by atoms with Crippen molar-refractivity contribution in [3.63, 3.8) is 0 Å². The molecule has 1 aromatic carbocycles. The maximum atomic E-state index is 5.67. The van der Waals surface area contributed by atoms with Crippen molar-refractivity contribution in [3.05, 3.63) is 47.5 Å². The van der Waals surface area contributed by atoms with Gasteiger partial charge in [0.25, 0.3) is 0 Å². The second kappa shape index (κ2) is 5.03. The fourth-order valence-electron chi connectivity index (χ4n) is 2.75. The van der Waals surface area contributed by atoms with Gasteiger partial charge in [-0.05, 0) is 30.4 Å². The van der Waals surface area contributed by atoms with Gasteiger partial charge < -0.3 is 10.1 Å². The van der Waals surface area contributed by atoms with Crippen LogP contribution in [0.25, 0.3) is 0 Å². The molecule has 0 saturated carbocycles. The SMILES string of the molecule is C1=CCC(NC2COCc3ccccc32)CC1. The van der Waals surface area contributed by atoms with E-state index in [1.165, 1.54) is 24.0 Å². The maximum Gasteiger partial charge on any atom is 0.0721 e. The molecule has 0 fully saturated rings. The van der Waals surface area contributed by atoms with Crippen LogP contribution in [0.15, 0.2) is 36.4 Å². The van der Waals surface area contributed by atoms with Gasteiger partial charge in [0.1, 0.15) is 0 Å². The highest BCUT2D eigenvalue weighted by molar-refractivity contribution is 5.31. The zero-order valence-electron chi connectivity index (χ0n) is 10.1. The van der Waals surface area contributed by atoms with E-state index in [-0.39, 0.29) is 0 Å². The lowest BCUT2D eigenvalue weighted by Gasteiger charge is -2.31. The van der Waals surface area contributed by atoms with Gasteiger partial charge in [0.15, 0.2) is 0 Å². The standard InChI is InChI=1S/C15H19NO/c1-2-7-13(8-3-1)16-15-11-17-10-12-6-4-5-9-14(12)15/h1-2,4-6,9,13,15-16H,3,7-8,10-11H2. The summed E-state index contributed by atoms with van der Waals surface area (Å²) in [7, 11) is 0. The van der Waals surface area contributed by atoms with E-state index in [2.05, 4.69) is 41.7 Å². The van der Waals surface area contributed by atoms with Gasteiger partial charge in [0, 0.05) is 6.04 Å². The highest BCUT2D eigenvalue weighted by Crippen LogP contribution is 2.26. The molecule has 0 amide bonds. The summed E-state index contributed by atoms with van der Waals surface area (Å²) >= 11 is 0. The second-order valence-corrected chi connectivity index (χ2v) is 4.91. The van der Waals surface area contributed by atoms with Crippen molar-refractivity contribution in [2.75, 3.05) is 6.61 Å². The normalized spacial score (nSPS) is 27.8. The Bertz CT molecular complexity index is 413. The molecule has 1 aliphatic heterocycles. The number of ether oxygens (including phenoxy) is 1. The second-order valence-electron chi connectivity index (χ2n) is 4.91. The Kier molecular flexibility index (Phi) is 3.25. The Morgan fingerprint density at radius 2 is 2.12 bits per heavy atom. The molecule has 2 heteroatoms. The molecule has 2 unspecified atom stereocenters. The molecule has 1 N–H and O–H groups in total. The summed E-state index contributed by atoms with van der Waals surface area (Å²) in [5.74, 6) is 0. The lowest BCUT2D eigenvalue weighted by molar-refractivity contribution is 0.0779. The molecule has 2 atom stereocenters. The maximum absolute atomic E-state index is 5.67. The summed E-state index contributed by atoms with van der Waals surface area (Å²) < 4.78 is 5.67. The molecule has 0 saturated heterocycles. The first-order chi connectivity index (χ1) is 8.43. The topological polar surface area (TPSA) is 21.3 Å². The van der Waals surface area contributed by atoms with Crippen LogP contribution in [0.5, 0.6) is 0 Å². The molecule has 1 aromatic rings. The van der Waals surface area contributed by atoms with E-state index in [1.54, 1.807) is 0 Å². The fraction of sp³-hybridized carbons (Fsp3) is 0.467. The number of hydrogen-bond acceptors (Lipinski definition) is 2. The quantitative estimate of drug-likeness (QED) is 0.787. The van der Waals surface area contributed by atoms with Crippen LogP contribution in [0.3, 0.4) is 0 Å². The Labute approximate surface area is 103 Å². The highest BCUT2D eigenvalue weighted by Gasteiger charge is 2.22. The zero-order valence-corrected chi connectivity index (χ0v) is 10.1. The van der Waals surface area contributed by atoms with Crippen LogP contribution >= 0.6 is 0 Å². The lowest BCUT2D eigenvalue weighted by Crippen LogP contribution is -2.37. The van der Waals surface area contributed by atoms with Crippen LogP contribution < -0.4 is 5.32 Å². The third kappa shape index (κ3) is 2.43. The largest absolute Gasteiger partial charge is 0.375 e. The molecule has 3 rings (SSSR count). The van der Waals surface area contributed by atoms with Gasteiger partial charge in [-0.3, -0.25) is 0 Å². The third-order valence-electron chi connectivity index (χ3n) is 3.68. The van der Waals surface area contributed by atoms with E-state index >= 15 is 0 Å². The minimum absolute atomic E-state index is 0.372. The molecule has 90 valence electrons. The Morgan fingerprint density at radius 3 is 3.00 bits per heavy atom. The number of benzene rings is 1. The molecule has 0 spiro atoms. The average molecular weight is 229 g/mol. The summed E-state index contributed by atoms with van der Waals surface area (Å²) in [6.45, 7) is 1.57. The fourth-order valence-corrected chi connectivity index (χ4v) is 2.75. The van der Waals surface area contributed by atoms with Crippen molar-refractivity contribution >= 4 is 0 Å². The molecule has 1 heterocycles. The van der Waals surface area contributed by atoms with Gasteiger partial charge in [-0.2, -0.15) is 0 Å². The molecule has 17 heavy (non-hydrogen) atoms. The third-order valence-corrected chi connectivity index (χ3v) is 3.68. The molecule has 2 aliphatic rings. The Balaban J connectivity index is 1.74. The average Bonchev–Trinajstić information content (AvgIpc) is 2.40. The minimum atomic E-state index is 0.372. The van der Waals surface area contributed by atoms with E-state index in [4.69, 9.17) is 4.74 Å². The predicted molar refractivity (Wildman–Crippen MR) is 68.8 cm³/mol. The molecule has 0 radical (unpaired) electrons. The summed E-state index contributed by atoms with van der Waals surface area (Å²) in [6.07, 6.45) is 8.17. The predicted octanol–water partition coefficient (Wildman–Crippen LogP) is 2.96. The molecule has 2 nitrogen and oxygen atoms in total. The van der Waals surface area contributed by atoms with Crippen molar-refractivity contribution in [1.29, 1.82) is 0 Å². The van der Waals surface area contributed by atoms with E-state index in [9.17, 15) is 0 Å². The number of allylic oxidation sites excluding steroid dienone is 1.